The SMILES string of the molecule is Bc1cnc(O)c2cc(-c3ccccc3)c(-c3ccc(CN)cc3)nc12. The summed E-state index contributed by atoms with van der Waals surface area (Å²) in [4.78, 5) is 8.97. The van der Waals surface area contributed by atoms with Crippen molar-refractivity contribution >= 4 is 24.2 Å². The van der Waals surface area contributed by atoms with Gasteiger partial charge in [0.15, 0.2) is 0 Å². The third-order valence-corrected chi connectivity index (χ3v) is 4.57. The van der Waals surface area contributed by atoms with Crippen molar-refractivity contribution in [1.29, 1.82) is 0 Å². The Kier molecular flexibility index (Phi) is 4.15. The van der Waals surface area contributed by atoms with Crippen LogP contribution in [0, 0.1) is 0 Å². The number of aromatic nitrogens is 2. The van der Waals surface area contributed by atoms with Crippen LogP contribution >= 0.6 is 0 Å². The fourth-order valence-corrected chi connectivity index (χ4v) is 3.13. The number of fused-ring (bicyclic) bond motifs is 1. The molecule has 0 bridgehead atoms. The Morgan fingerprint density at radius 3 is 2.38 bits per heavy atom. The number of nitrogens with two attached hydrogens (primary N) is 1. The first kappa shape index (κ1) is 16.3. The molecule has 2 heterocycles. The molecule has 0 aliphatic carbocycles. The van der Waals surface area contributed by atoms with Crippen molar-refractivity contribution in [2.75, 3.05) is 0 Å². The van der Waals surface area contributed by atoms with E-state index in [1.165, 1.54) is 0 Å². The Labute approximate surface area is 152 Å². The molecule has 0 spiro atoms. The Bertz CT molecular complexity index is 1080. The van der Waals surface area contributed by atoms with E-state index in [9.17, 15) is 5.11 Å². The standard InChI is InChI=1S/C21H18BN3O/c22-18-12-24-21(26)17-10-16(14-4-2-1-3-5-14)19(25-20(17)18)15-8-6-13(11-23)7-9-15/h1-10,12H,11,22-23H2,(H,24,26). The summed E-state index contributed by atoms with van der Waals surface area (Å²) in [6.45, 7) is 0.510. The summed E-state index contributed by atoms with van der Waals surface area (Å²) < 4.78 is 0. The maximum absolute atomic E-state index is 10.2. The lowest BCUT2D eigenvalue weighted by molar-refractivity contribution is 0.460. The van der Waals surface area contributed by atoms with Crippen LogP contribution < -0.4 is 11.2 Å². The van der Waals surface area contributed by atoms with Crippen LogP contribution in [0.25, 0.3) is 33.3 Å². The first-order valence-electron chi connectivity index (χ1n) is 8.51. The number of rotatable bonds is 3. The van der Waals surface area contributed by atoms with E-state index in [2.05, 4.69) is 4.98 Å². The molecular formula is C21H18BN3O. The quantitative estimate of drug-likeness (QED) is 0.562. The number of nitrogens with zero attached hydrogens (tertiary/aromatic N) is 2. The van der Waals surface area contributed by atoms with Crippen LogP contribution in [0.15, 0.2) is 66.9 Å². The molecule has 0 fully saturated rings. The zero-order chi connectivity index (χ0) is 18.1. The highest BCUT2D eigenvalue weighted by Crippen LogP contribution is 2.34. The molecule has 0 unspecified atom stereocenters. The molecule has 2 aromatic heterocycles. The molecular weight excluding hydrogens is 321 g/mol. The summed E-state index contributed by atoms with van der Waals surface area (Å²) in [5, 5.41) is 10.9. The zero-order valence-corrected chi connectivity index (χ0v) is 14.5. The second kappa shape index (κ2) is 6.62. The average Bonchev–Trinajstić information content (AvgIpc) is 2.71. The highest BCUT2D eigenvalue weighted by molar-refractivity contribution is 6.38. The van der Waals surface area contributed by atoms with Gasteiger partial charge in [-0.15, -0.1) is 0 Å². The molecule has 126 valence electrons. The Balaban J connectivity index is 2.03. The van der Waals surface area contributed by atoms with E-state index in [-0.39, 0.29) is 5.88 Å². The van der Waals surface area contributed by atoms with Crippen LogP contribution in [0.3, 0.4) is 0 Å². The molecule has 4 nitrogen and oxygen atoms in total. The summed E-state index contributed by atoms with van der Waals surface area (Å²) >= 11 is 0. The van der Waals surface area contributed by atoms with E-state index in [0.717, 1.165) is 38.9 Å². The molecule has 26 heavy (non-hydrogen) atoms. The second-order valence-corrected chi connectivity index (χ2v) is 6.31. The van der Waals surface area contributed by atoms with E-state index in [0.29, 0.717) is 11.9 Å². The maximum Gasteiger partial charge on any atom is 0.220 e. The molecule has 2 aromatic carbocycles. The second-order valence-electron chi connectivity index (χ2n) is 6.31. The van der Waals surface area contributed by atoms with E-state index >= 15 is 0 Å². The van der Waals surface area contributed by atoms with E-state index in [4.69, 9.17) is 10.7 Å². The van der Waals surface area contributed by atoms with Gasteiger partial charge in [0.2, 0.25) is 5.88 Å². The molecule has 4 rings (SSSR count). The summed E-state index contributed by atoms with van der Waals surface area (Å²) in [5.41, 5.74) is 12.4. The molecule has 0 aliphatic rings. The highest BCUT2D eigenvalue weighted by atomic mass is 16.3. The molecule has 3 N–H and O–H groups in total. The van der Waals surface area contributed by atoms with Crippen LogP contribution in [-0.2, 0) is 6.54 Å². The Morgan fingerprint density at radius 2 is 1.69 bits per heavy atom. The van der Waals surface area contributed by atoms with Crippen molar-refractivity contribution in [3.8, 4) is 28.3 Å². The van der Waals surface area contributed by atoms with Crippen molar-refractivity contribution in [3.63, 3.8) is 0 Å². The lowest BCUT2D eigenvalue weighted by Gasteiger charge is -2.13. The summed E-state index contributed by atoms with van der Waals surface area (Å²) in [6.07, 6.45) is 1.65. The average molecular weight is 339 g/mol. The van der Waals surface area contributed by atoms with Gasteiger partial charge in [0.25, 0.3) is 0 Å². The van der Waals surface area contributed by atoms with Gasteiger partial charge in [0.1, 0.15) is 7.85 Å². The number of aromatic hydroxyl groups is 1. The predicted molar refractivity (Wildman–Crippen MR) is 108 cm³/mol. The molecule has 0 saturated carbocycles. The molecule has 0 saturated heterocycles. The molecule has 0 aliphatic heterocycles. The van der Waals surface area contributed by atoms with Crippen molar-refractivity contribution in [1.82, 2.24) is 9.97 Å². The molecule has 5 heteroatoms. The van der Waals surface area contributed by atoms with Gasteiger partial charge in [-0.2, -0.15) is 0 Å². The minimum Gasteiger partial charge on any atom is -0.493 e. The van der Waals surface area contributed by atoms with E-state index in [1.54, 1.807) is 6.20 Å². The van der Waals surface area contributed by atoms with Crippen LogP contribution in [0.5, 0.6) is 5.88 Å². The summed E-state index contributed by atoms with van der Waals surface area (Å²) in [5.74, 6) is 0.000288. The van der Waals surface area contributed by atoms with E-state index in [1.807, 2.05) is 68.5 Å². The number of pyridine rings is 2. The monoisotopic (exact) mass is 339 g/mol. The van der Waals surface area contributed by atoms with Gasteiger partial charge in [0.05, 0.1) is 16.6 Å². The van der Waals surface area contributed by atoms with Gasteiger partial charge in [-0.05, 0) is 22.7 Å². The summed E-state index contributed by atoms with van der Waals surface area (Å²) in [7, 11) is 1.95. The predicted octanol–water partition coefficient (Wildman–Crippen LogP) is 2.39. The lowest BCUT2D eigenvalue weighted by atomic mass is 9.92. The number of hydrogen-bond acceptors (Lipinski definition) is 4. The Hall–Kier alpha value is -3.18. The Morgan fingerprint density at radius 1 is 0.962 bits per heavy atom. The van der Waals surface area contributed by atoms with Gasteiger partial charge in [-0.3, -0.25) is 0 Å². The third-order valence-electron chi connectivity index (χ3n) is 4.57. The molecule has 4 aromatic rings. The van der Waals surface area contributed by atoms with Crippen LogP contribution in [0.4, 0.5) is 0 Å². The van der Waals surface area contributed by atoms with Crippen molar-refractivity contribution in [3.05, 3.63) is 72.4 Å². The van der Waals surface area contributed by atoms with Crippen LogP contribution in [0.1, 0.15) is 5.56 Å². The smallest absolute Gasteiger partial charge is 0.220 e. The van der Waals surface area contributed by atoms with Crippen molar-refractivity contribution in [2.45, 2.75) is 6.54 Å². The van der Waals surface area contributed by atoms with Gasteiger partial charge < -0.3 is 10.8 Å². The summed E-state index contributed by atoms with van der Waals surface area (Å²) in [6, 6.07) is 20.2. The van der Waals surface area contributed by atoms with Crippen LogP contribution in [0.2, 0.25) is 0 Å². The normalized spacial score (nSPS) is 11.0. The topological polar surface area (TPSA) is 72.0 Å². The number of benzene rings is 2. The molecule has 0 amide bonds. The molecule has 0 atom stereocenters. The molecule has 0 radical (unpaired) electrons. The minimum absolute atomic E-state index is 0.000288. The minimum atomic E-state index is 0.000288. The first-order valence-corrected chi connectivity index (χ1v) is 8.51. The lowest BCUT2D eigenvalue weighted by Crippen LogP contribution is -2.08. The maximum atomic E-state index is 10.2. The van der Waals surface area contributed by atoms with Crippen molar-refractivity contribution < 1.29 is 5.11 Å². The zero-order valence-electron chi connectivity index (χ0n) is 14.5. The van der Waals surface area contributed by atoms with Gasteiger partial charge in [-0.25, -0.2) is 9.97 Å². The van der Waals surface area contributed by atoms with E-state index < -0.39 is 0 Å². The fourth-order valence-electron chi connectivity index (χ4n) is 3.13. The fraction of sp³-hybridized carbons (Fsp3) is 0.0476. The van der Waals surface area contributed by atoms with Crippen molar-refractivity contribution in [2.24, 2.45) is 5.73 Å². The highest BCUT2D eigenvalue weighted by Gasteiger charge is 2.15. The third kappa shape index (κ3) is 2.83. The number of hydrogen-bond donors (Lipinski definition) is 2. The van der Waals surface area contributed by atoms with Gasteiger partial charge in [0, 0.05) is 23.9 Å². The first-order chi connectivity index (χ1) is 12.7. The largest absolute Gasteiger partial charge is 0.493 e. The van der Waals surface area contributed by atoms with Gasteiger partial charge >= 0.3 is 0 Å². The van der Waals surface area contributed by atoms with Gasteiger partial charge in [-0.1, -0.05) is 54.6 Å². The van der Waals surface area contributed by atoms with Crippen LogP contribution in [-0.4, -0.2) is 22.9 Å².